The fraction of sp³-hybridized carbons (Fsp3) is 0.500. The highest BCUT2D eigenvalue weighted by Crippen LogP contribution is 2.21. The summed E-state index contributed by atoms with van der Waals surface area (Å²) in [6, 6.07) is 4.71. The molecule has 0 aliphatic carbocycles. The third-order valence-electron chi connectivity index (χ3n) is 3.70. The first-order chi connectivity index (χ1) is 11.1. The SMILES string of the molecule is COCCNC(=O)c1ccc(NC(=O)C2CCCCN2)cc1Cl.Cl. The molecule has 1 fully saturated rings. The van der Waals surface area contributed by atoms with Crippen LogP contribution >= 0.6 is 24.0 Å². The molecule has 8 heteroatoms. The van der Waals surface area contributed by atoms with Crippen LogP contribution in [0.25, 0.3) is 0 Å². The number of carbonyl (C=O) groups excluding carboxylic acids is 2. The van der Waals surface area contributed by atoms with E-state index in [0.29, 0.717) is 29.4 Å². The highest BCUT2D eigenvalue weighted by Gasteiger charge is 2.20. The number of nitrogens with one attached hydrogen (secondary N) is 3. The second-order valence-corrected chi connectivity index (χ2v) is 5.84. The Balaban J connectivity index is 0.00000288. The summed E-state index contributed by atoms with van der Waals surface area (Å²) in [5, 5.41) is 9.03. The van der Waals surface area contributed by atoms with E-state index in [9.17, 15) is 9.59 Å². The second-order valence-electron chi connectivity index (χ2n) is 5.44. The molecule has 134 valence electrons. The molecular formula is C16H23Cl2N3O3. The van der Waals surface area contributed by atoms with Gasteiger partial charge >= 0.3 is 0 Å². The summed E-state index contributed by atoms with van der Waals surface area (Å²) in [6.45, 7) is 1.71. The summed E-state index contributed by atoms with van der Waals surface area (Å²) in [7, 11) is 1.57. The molecule has 1 saturated heterocycles. The second kappa shape index (κ2) is 10.5. The first-order valence-electron chi connectivity index (χ1n) is 7.72. The summed E-state index contributed by atoms with van der Waals surface area (Å²) in [4.78, 5) is 24.1. The van der Waals surface area contributed by atoms with Crippen LogP contribution in [-0.4, -0.2) is 44.7 Å². The number of anilines is 1. The number of carbonyl (C=O) groups is 2. The van der Waals surface area contributed by atoms with Crippen LogP contribution in [-0.2, 0) is 9.53 Å². The van der Waals surface area contributed by atoms with Crippen molar-refractivity contribution < 1.29 is 14.3 Å². The minimum atomic E-state index is -0.265. The highest BCUT2D eigenvalue weighted by molar-refractivity contribution is 6.34. The van der Waals surface area contributed by atoms with Crippen molar-refractivity contribution in [3.05, 3.63) is 28.8 Å². The van der Waals surface area contributed by atoms with Crippen LogP contribution in [0.2, 0.25) is 5.02 Å². The predicted octanol–water partition coefficient (Wildman–Crippen LogP) is 2.22. The van der Waals surface area contributed by atoms with Crippen molar-refractivity contribution in [2.75, 3.05) is 32.1 Å². The maximum Gasteiger partial charge on any atom is 0.252 e. The van der Waals surface area contributed by atoms with E-state index in [1.54, 1.807) is 25.3 Å². The quantitative estimate of drug-likeness (QED) is 0.666. The van der Waals surface area contributed by atoms with Crippen LogP contribution < -0.4 is 16.0 Å². The molecule has 1 aromatic rings. The Morgan fingerprint density at radius 3 is 2.79 bits per heavy atom. The maximum absolute atomic E-state index is 12.2. The predicted molar refractivity (Wildman–Crippen MR) is 97.2 cm³/mol. The molecule has 0 radical (unpaired) electrons. The Kier molecular flexibility index (Phi) is 9.07. The lowest BCUT2D eigenvalue weighted by Crippen LogP contribution is -2.43. The minimum absolute atomic E-state index is 0. The Morgan fingerprint density at radius 2 is 2.17 bits per heavy atom. The van der Waals surface area contributed by atoms with Gasteiger partial charge in [-0.3, -0.25) is 9.59 Å². The summed E-state index contributed by atoms with van der Waals surface area (Å²) >= 11 is 6.15. The molecule has 1 heterocycles. The zero-order valence-corrected chi connectivity index (χ0v) is 15.1. The highest BCUT2D eigenvalue weighted by atomic mass is 35.5. The first kappa shape index (κ1) is 20.7. The van der Waals surface area contributed by atoms with Gasteiger partial charge in [-0.1, -0.05) is 18.0 Å². The van der Waals surface area contributed by atoms with Crippen molar-refractivity contribution in [1.29, 1.82) is 0 Å². The maximum atomic E-state index is 12.2. The molecule has 0 bridgehead atoms. The Labute approximate surface area is 153 Å². The van der Waals surface area contributed by atoms with Gasteiger partial charge in [0.05, 0.1) is 23.2 Å². The van der Waals surface area contributed by atoms with Gasteiger partial charge in [0.15, 0.2) is 0 Å². The van der Waals surface area contributed by atoms with Crippen molar-refractivity contribution in [3.63, 3.8) is 0 Å². The molecule has 1 unspecified atom stereocenters. The van der Waals surface area contributed by atoms with Crippen molar-refractivity contribution >= 4 is 41.5 Å². The summed E-state index contributed by atoms with van der Waals surface area (Å²) in [5.74, 6) is -0.336. The van der Waals surface area contributed by atoms with Gasteiger partial charge in [0.1, 0.15) is 0 Å². The van der Waals surface area contributed by atoms with E-state index < -0.39 is 0 Å². The smallest absolute Gasteiger partial charge is 0.252 e. The molecular weight excluding hydrogens is 353 g/mol. The van der Waals surface area contributed by atoms with Crippen LogP contribution in [0.1, 0.15) is 29.6 Å². The molecule has 0 spiro atoms. The van der Waals surface area contributed by atoms with Crippen LogP contribution in [0.3, 0.4) is 0 Å². The number of halogens is 2. The van der Waals surface area contributed by atoms with Crippen molar-refractivity contribution in [2.45, 2.75) is 25.3 Å². The molecule has 6 nitrogen and oxygen atoms in total. The monoisotopic (exact) mass is 375 g/mol. The van der Waals surface area contributed by atoms with E-state index in [0.717, 1.165) is 25.8 Å². The van der Waals surface area contributed by atoms with Gasteiger partial charge < -0.3 is 20.7 Å². The molecule has 1 atom stereocenters. The van der Waals surface area contributed by atoms with Gasteiger partial charge in [-0.15, -0.1) is 12.4 Å². The van der Waals surface area contributed by atoms with Gasteiger partial charge in [0, 0.05) is 19.3 Å². The fourth-order valence-electron chi connectivity index (χ4n) is 2.44. The van der Waals surface area contributed by atoms with Gasteiger partial charge in [-0.05, 0) is 37.6 Å². The largest absolute Gasteiger partial charge is 0.383 e. The van der Waals surface area contributed by atoms with Gasteiger partial charge in [0.25, 0.3) is 5.91 Å². The van der Waals surface area contributed by atoms with Gasteiger partial charge in [0.2, 0.25) is 5.91 Å². The van der Waals surface area contributed by atoms with Crippen LogP contribution in [0.4, 0.5) is 5.69 Å². The van der Waals surface area contributed by atoms with E-state index in [4.69, 9.17) is 16.3 Å². The van der Waals surface area contributed by atoms with E-state index >= 15 is 0 Å². The number of hydrogen-bond acceptors (Lipinski definition) is 4. The molecule has 0 aromatic heterocycles. The number of benzene rings is 1. The lowest BCUT2D eigenvalue weighted by molar-refractivity contribution is -0.118. The van der Waals surface area contributed by atoms with Crippen molar-refractivity contribution in [1.82, 2.24) is 10.6 Å². The Morgan fingerprint density at radius 1 is 1.38 bits per heavy atom. The molecule has 3 N–H and O–H groups in total. The topological polar surface area (TPSA) is 79.5 Å². The standard InChI is InChI=1S/C16H22ClN3O3.ClH/c1-23-9-8-19-15(21)12-6-5-11(10-13(12)17)20-16(22)14-4-2-3-7-18-14;/h5-6,10,14,18H,2-4,7-9H2,1H3,(H,19,21)(H,20,22);1H. The Hall–Kier alpha value is -1.34. The third kappa shape index (κ3) is 5.94. The molecule has 1 aliphatic rings. The van der Waals surface area contributed by atoms with Gasteiger partial charge in [-0.2, -0.15) is 0 Å². The van der Waals surface area contributed by atoms with Crippen LogP contribution in [0.15, 0.2) is 18.2 Å². The average molecular weight is 376 g/mol. The zero-order valence-electron chi connectivity index (χ0n) is 13.6. The lowest BCUT2D eigenvalue weighted by Gasteiger charge is -2.22. The third-order valence-corrected chi connectivity index (χ3v) is 4.01. The molecule has 24 heavy (non-hydrogen) atoms. The minimum Gasteiger partial charge on any atom is -0.383 e. The molecule has 2 amide bonds. The van der Waals surface area contributed by atoms with E-state index in [1.165, 1.54) is 0 Å². The molecule has 0 saturated carbocycles. The summed E-state index contributed by atoms with van der Waals surface area (Å²) in [5.41, 5.74) is 0.956. The van der Waals surface area contributed by atoms with Crippen LogP contribution in [0, 0.1) is 0 Å². The molecule has 1 aliphatic heterocycles. The van der Waals surface area contributed by atoms with Crippen LogP contribution in [0.5, 0.6) is 0 Å². The number of ether oxygens (including phenoxy) is 1. The Bertz CT molecular complexity index is 563. The van der Waals surface area contributed by atoms with Gasteiger partial charge in [-0.25, -0.2) is 0 Å². The zero-order chi connectivity index (χ0) is 16.7. The summed E-state index contributed by atoms with van der Waals surface area (Å²) < 4.78 is 4.88. The molecule has 1 aromatic carbocycles. The number of rotatable bonds is 6. The number of hydrogen-bond donors (Lipinski definition) is 3. The summed E-state index contributed by atoms with van der Waals surface area (Å²) in [6.07, 6.45) is 2.98. The lowest BCUT2D eigenvalue weighted by atomic mass is 10.0. The average Bonchev–Trinajstić information content (AvgIpc) is 2.56. The fourth-order valence-corrected chi connectivity index (χ4v) is 2.71. The molecule has 2 rings (SSSR count). The first-order valence-corrected chi connectivity index (χ1v) is 8.10. The van der Waals surface area contributed by atoms with Crippen molar-refractivity contribution in [3.8, 4) is 0 Å². The number of piperidine rings is 1. The number of methoxy groups -OCH3 is 1. The normalized spacial score (nSPS) is 16.8. The van der Waals surface area contributed by atoms with E-state index in [2.05, 4.69) is 16.0 Å². The van der Waals surface area contributed by atoms with E-state index in [-0.39, 0.29) is 30.3 Å². The van der Waals surface area contributed by atoms with E-state index in [1.807, 2.05) is 0 Å². The number of amides is 2. The van der Waals surface area contributed by atoms with Crippen molar-refractivity contribution in [2.24, 2.45) is 0 Å².